The molecule has 0 saturated carbocycles. The van der Waals surface area contributed by atoms with E-state index < -0.39 is 8.07 Å². The fourth-order valence-electron chi connectivity index (χ4n) is 12.1. The predicted octanol–water partition coefficient (Wildman–Crippen LogP) is 15.8. The molecule has 2 aromatic heterocycles. The van der Waals surface area contributed by atoms with Gasteiger partial charge in [0.15, 0.2) is 8.07 Å². The van der Waals surface area contributed by atoms with Crippen LogP contribution in [0.1, 0.15) is 50.7 Å². The molecule has 0 spiro atoms. The quantitative estimate of drug-likeness (QED) is 0.0711. The monoisotopic (exact) mass is 1240 g/mol. The topological polar surface area (TPSA) is 55.9 Å². The van der Waals surface area contributed by atoms with Gasteiger partial charge in [-0.25, -0.2) is 4.98 Å². The average Bonchev–Trinajstić information content (AvgIpc) is 4.35. The number of para-hydroxylation sites is 4. The van der Waals surface area contributed by atoms with Crippen LogP contribution in [0, 0.1) is 6.07 Å². The van der Waals surface area contributed by atoms with Crippen LogP contribution in [0.15, 0.2) is 267 Å². The van der Waals surface area contributed by atoms with Crippen LogP contribution in [-0.2, 0) is 21.1 Å². The van der Waals surface area contributed by atoms with Crippen molar-refractivity contribution in [1.82, 2.24) is 19.1 Å². The van der Waals surface area contributed by atoms with Crippen LogP contribution in [0.2, 0.25) is 0 Å². The summed E-state index contributed by atoms with van der Waals surface area (Å²) in [6, 6.07) is 99.4. The van der Waals surface area contributed by atoms with Crippen molar-refractivity contribution in [2.45, 2.75) is 39.5 Å². The molecule has 0 bridgehead atoms. The number of benzene rings is 11. The zero-order valence-corrected chi connectivity index (χ0v) is 48.9. The predicted molar refractivity (Wildman–Crippen MR) is 335 cm³/mol. The van der Waals surface area contributed by atoms with Crippen LogP contribution >= 0.6 is 0 Å². The Balaban J connectivity index is 0.00000651. The first-order valence-electron chi connectivity index (χ1n) is 27.7. The van der Waals surface area contributed by atoms with Crippen molar-refractivity contribution >= 4 is 50.9 Å². The smallest absolute Gasteiger partial charge is 0.179 e. The van der Waals surface area contributed by atoms with E-state index in [9.17, 15) is 5.11 Å². The number of aromatic hydroxyl groups is 1. The SMILES string of the molecule is CC(C)c1cc(-c2ccccc2)cc(C(C)C)c1-n1c(-c2ccccc2O)nc2c(-c3[c-]c(-c4nc5ccccc5n4-c4ccc([Si](c5ccccc5)(c5ccccc5)c5ccccc5)cc4-c4ccccc4)ccc3)cccc21.[Pt]. The van der Waals surface area contributed by atoms with Gasteiger partial charge in [-0.05, 0) is 109 Å². The largest absolute Gasteiger partial charge is 0.507 e. The van der Waals surface area contributed by atoms with Crippen LogP contribution in [0.5, 0.6) is 5.75 Å². The number of imidazole rings is 2. The number of hydrogen-bond acceptors (Lipinski definition) is 3. The Morgan fingerprint density at radius 2 is 0.901 bits per heavy atom. The van der Waals surface area contributed by atoms with Gasteiger partial charge in [0.2, 0.25) is 0 Å². The summed E-state index contributed by atoms with van der Waals surface area (Å²) in [7, 11) is -2.91. The van der Waals surface area contributed by atoms with E-state index in [1.165, 1.54) is 43.0 Å². The van der Waals surface area contributed by atoms with Gasteiger partial charge in [0.1, 0.15) is 11.6 Å². The first kappa shape index (κ1) is 52.7. The third kappa shape index (κ3) is 9.38. The Morgan fingerprint density at radius 3 is 1.51 bits per heavy atom. The Hall–Kier alpha value is -8.93. The van der Waals surface area contributed by atoms with Gasteiger partial charge < -0.3 is 9.67 Å². The standard InChI is InChI=1S/C74H59N4OSi.Pt/c1-50(2)63-47-56(52-26-10-5-11-27-52)48-64(51(3)4)72(63)78-69-42-25-39-61(71(69)76-74(78)62-38-20-23-43-70(62)79)54-30-24-31-55(46-54)73-75-66-40-21-22-41-68(66)77(73)67-45-44-60(49-65(67)53-28-12-6-13-29-53)80(57-32-14-7-15-33-57,58-34-16-8-17-35-58)59-36-18-9-19-37-59;/h5-45,47-51,79H,1-4H3;/q-1;. The first-order valence-corrected chi connectivity index (χ1v) is 29.7. The third-order valence-electron chi connectivity index (χ3n) is 15.8. The van der Waals surface area contributed by atoms with Crippen molar-refractivity contribution in [3.63, 3.8) is 0 Å². The maximum atomic E-state index is 11.7. The number of phenolic OH excluding ortho intramolecular Hbond substituents is 1. The number of aromatic nitrogens is 4. The van der Waals surface area contributed by atoms with Gasteiger partial charge in [-0.2, -0.15) is 0 Å². The summed E-state index contributed by atoms with van der Waals surface area (Å²) >= 11 is 0. The summed E-state index contributed by atoms with van der Waals surface area (Å²) in [6.45, 7) is 9.06. The number of rotatable bonds is 13. The Bertz CT molecular complexity index is 4240. The van der Waals surface area contributed by atoms with Gasteiger partial charge in [0.05, 0.1) is 39.1 Å². The van der Waals surface area contributed by atoms with Crippen LogP contribution in [-0.4, -0.2) is 32.3 Å². The fourth-order valence-corrected chi connectivity index (χ4v) is 16.9. The third-order valence-corrected chi connectivity index (χ3v) is 20.6. The molecule has 13 aromatic rings. The van der Waals surface area contributed by atoms with E-state index in [1.807, 2.05) is 18.2 Å². The van der Waals surface area contributed by atoms with E-state index in [-0.39, 0.29) is 38.7 Å². The van der Waals surface area contributed by atoms with Gasteiger partial charge in [0, 0.05) is 32.3 Å². The molecule has 13 rings (SSSR count). The van der Waals surface area contributed by atoms with Crippen molar-refractivity contribution in [3.8, 4) is 73.3 Å². The van der Waals surface area contributed by atoms with Crippen LogP contribution in [0.25, 0.3) is 89.6 Å². The minimum Gasteiger partial charge on any atom is -0.507 e. The van der Waals surface area contributed by atoms with Crippen molar-refractivity contribution in [2.24, 2.45) is 0 Å². The summed E-state index contributed by atoms with van der Waals surface area (Å²) in [6.07, 6.45) is 0. The molecule has 0 saturated heterocycles. The van der Waals surface area contributed by atoms with E-state index in [4.69, 9.17) is 9.97 Å². The van der Waals surface area contributed by atoms with Gasteiger partial charge in [-0.15, -0.1) is 29.8 Å². The zero-order chi connectivity index (χ0) is 54.3. The summed E-state index contributed by atoms with van der Waals surface area (Å²) in [5, 5.41) is 16.9. The number of fused-ring (bicyclic) bond motifs is 2. The molecule has 396 valence electrons. The molecule has 0 atom stereocenters. The molecular weight excluding hydrogens is 1180 g/mol. The Morgan fingerprint density at radius 1 is 0.395 bits per heavy atom. The van der Waals surface area contributed by atoms with Gasteiger partial charge in [-0.1, -0.05) is 239 Å². The van der Waals surface area contributed by atoms with Gasteiger partial charge in [0.25, 0.3) is 0 Å². The van der Waals surface area contributed by atoms with E-state index >= 15 is 0 Å². The van der Waals surface area contributed by atoms with Crippen molar-refractivity contribution in [2.75, 3.05) is 0 Å². The van der Waals surface area contributed by atoms with Crippen molar-refractivity contribution < 1.29 is 26.2 Å². The molecule has 5 nitrogen and oxygen atoms in total. The maximum absolute atomic E-state index is 11.7. The second kappa shape index (κ2) is 22.3. The van der Waals surface area contributed by atoms with Crippen LogP contribution in [0.4, 0.5) is 0 Å². The van der Waals surface area contributed by atoms with E-state index in [0.717, 1.165) is 67.1 Å². The summed E-state index contributed by atoms with van der Waals surface area (Å²) < 4.78 is 4.63. The molecule has 7 heteroatoms. The fraction of sp³-hybridized carbons (Fsp3) is 0.0811. The van der Waals surface area contributed by atoms with E-state index in [0.29, 0.717) is 11.4 Å². The van der Waals surface area contributed by atoms with Crippen LogP contribution in [0.3, 0.4) is 0 Å². The molecule has 81 heavy (non-hydrogen) atoms. The summed E-state index contributed by atoms with van der Waals surface area (Å²) in [5.41, 5.74) is 16.1. The van der Waals surface area contributed by atoms with Crippen molar-refractivity contribution in [1.29, 1.82) is 0 Å². The molecule has 0 amide bonds. The number of nitrogens with zero attached hydrogens (tertiary/aromatic N) is 4. The van der Waals surface area contributed by atoms with Crippen LogP contribution < -0.4 is 20.7 Å². The number of phenols is 1. The zero-order valence-electron chi connectivity index (χ0n) is 45.6. The normalized spacial score (nSPS) is 11.6. The molecular formula is C74H59N4OPtSi-. The molecule has 2 heterocycles. The van der Waals surface area contributed by atoms with E-state index in [2.05, 4.69) is 286 Å². The molecule has 0 unspecified atom stereocenters. The maximum Gasteiger partial charge on any atom is 0.179 e. The average molecular weight is 1240 g/mol. The minimum atomic E-state index is -2.91. The molecule has 11 aromatic carbocycles. The molecule has 0 aliphatic heterocycles. The summed E-state index contributed by atoms with van der Waals surface area (Å²) in [4.78, 5) is 11.1. The Kier molecular flexibility index (Phi) is 14.5. The molecule has 0 radical (unpaired) electrons. The number of hydrogen-bond donors (Lipinski definition) is 1. The molecule has 0 aliphatic rings. The molecule has 0 fully saturated rings. The summed E-state index contributed by atoms with van der Waals surface area (Å²) in [5.74, 6) is 1.98. The molecule has 0 aliphatic carbocycles. The second-order valence-corrected chi connectivity index (χ2v) is 25.1. The second-order valence-electron chi connectivity index (χ2n) is 21.3. The van der Waals surface area contributed by atoms with E-state index in [1.54, 1.807) is 6.07 Å². The first-order chi connectivity index (χ1) is 39.3. The van der Waals surface area contributed by atoms with Gasteiger partial charge >= 0.3 is 0 Å². The minimum absolute atomic E-state index is 0. The van der Waals surface area contributed by atoms with Gasteiger partial charge in [-0.3, -0.25) is 9.55 Å². The van der Waals surface area contributed by atoms with Crippen molar-refractivity contribution in [3.05, 3.63) is 284 Å². The molecule has 1 N–H and O–H groups in total. The Labute approximate surface area is 489 Å².